The maximum absolute atomic E-state index is 9.01. The maximum atomic E-state index is 9.01. The third-order valence-corrected chi connectivity index (χ3v) is 2.61. The Morgan fingerprint density at radius 2 is 2.54 bits per heavy atom. The highest BCUT2D eigenvalue weighted by molar-refractivity contribution is 5.16. The zero-order valence-electron chi connectivity index (χ0n) is 7.62. The first-order valence-corrected chi connectivity index (χ1v) is 4.35. The molecule has 2 heterocycles. The van der Waals surface area contributed by atoms with E-state index in [0.717, 1.165) is 25.2 Å². The van der Waals surface area contributed by atoms with Crippen LogP contribution in [0.3, 0.4) is 0 Å². The second kappa shape index (κ2) is 2.86. The van der Waals surface area contributed by atoms with Crippen LogP contribution >= 0.6 is 0 Å². The molecular weight excluding hydrogens is 164 g/mol. The minimum atomic E-state index is -0.187. The van der Waals surface area contributed by atoms with E-state index in [2.05, 4.69) is 16.5 Å². The molecular formula is C9H12N4. The Bertz CT molecular complexity index is 343. The lowest BCUT2D eigenvalue weighted by Gasteiger charge is -2.36. The van der Waals surface area contributed by atoms with Crippen LogP contribution in [0.15, 0.2) is 12.3 Å². The fraction of sp³-hybridized carbons (Fsp3) is 0.556. The number of hydrogen-bond acceptors (Lipinski definition) is 3. The van der Waals surface area contributed by atoms with Gasteiger partial charge < -0.3 is 5.32 Å². The quantitative estimate of drug-likeness (QED) is 0.694. The van der Waals surface area contributed by atoms with Crippen molar-refractivity contribution in [2.24, 2.45) is 12.5 Å². The van der Waals surface area contributed by atoms with E-state index < -0.39 is 0 Å². The van der Waals surface area contributed by atoms with E-state index in [1.807, 2.05) is 17.8 Å². The van der Waals surface area contributed by atoms with Crippen molar-refractivity contribution in [1.29, 1.82) is 5.26 Å². The van der Waals surface area contributed by atoms with Crippen LogP contribution in [0.1, 0.15) is 5.69 Å². The van der Waals surface area contributed by atoms with Crippen LogP contribution in [0.25, 0.3) is 0 Å². The molecule has 4 heteroatoms. The van der Waals surface area contributed by atoms with Gasteiger partial charge in [0.25, 0.3) is 0 Å². The highest BCUT2D eigenvalue weighted by Crippen LogP contribution is 2.26. The van der Waals surface area contributed by atoms with Crippen molar-refractivity contribution in [1.82, 2.24) is 15.1 Å². The zero-order valence-corrected chi connectivity index (χ0v) is 7.62. The predicted octanol–water partition coefficient (Wildman–Crippen LogP) is 0.0758. The number of aryl methyl sites for hydroxylation is 1. The van der Waals surface area contributed by atoms with Crippen LogP contribution < -0.4 is 5.32 Å². The number of hydrogen-bond donors (Lipinski definition) is 1. The van der Waals surface area contributed by atoms with Crippen molar-refractivity contribution in [2.45, 2.75) is 6.42 Å². The number of nitrogens with one attached hydrogen (secondary N) is 1. The summed E-state index contributed by atoms with van der Waals surface area (Å²) in [7, 11) is 1.91. The van der Waals surface area contributed by atoms with E-state index in [4.69, 9.17) is 5.26 Å². The standard InChI is InChI=1S/C9H12N4/c1-13-8(2-3-12-13)4-9(5-10)6-11-7-9/h2-3,11H,4,6-7H2,1H3. The molecule has 1 N–H and O–H groups in total. The van der Waals surface area contributed by atoms with Crippen molar-refractivity contribution in [3.8, 4) is 6.07 Å². The largest absolute Gasteiger partial charge is 0.313 e. The molecule has 13 heavy (non-hydrogen) atoms. The second-order valence-corrected chi connectivity index (χ2v) is 3.62. The minimum Gasteiger partial charge on any atom is -0.313 e. The number of nitriles is 1. The van der Waals surface area contributed by atoms with Crippen molar-refractivity contribution in [2.75, 3.05) is 13.1 Å². The Balaban J connectivity index is 2.14. The summed E-state index contributed by atoms with van der Waals surface area (Å²) >= 11 is 0. The molecule has 1 aromatic rings. The molecule has 2 rings (SSSR count). The van der Waals surface area contributed by atoms with Gasteiger partial charge in [0, 0.05) is 38.4 Å². The van der Waals surface area contributed by atoms with Gasteiger partial charge in [-0.05, 0) is 6.07 Å². The van der Waals surface area contributed by atoms with Crippen LogP contribution in [0.5, 0.6) is 0 Å². The van der Waals surface area contributed by atoms with Gasteiger partial charge in [0.15, 0.2) is 0 Å². The summed E-state index contributed by atoms with van der Waals surface area (Å²) in [6.45, 7) is 1.60. The van der Waals surface area contributed by atoms with Crippen molar-refractivity contribution in [3.05, 3.63) is 18.0 Å². The summed E-state index contributed by atoms with van der Waals surface area (Å²) < 4.78 is 1.83. The number of aromatic nitrogens is 2. The summed E-state index contributed by atoms with van der Waals surface area (Å²) in [5, 5.41) is 16.2. The van der Waals surface area contributed by atoms with Crippen molar-refractivity contribution < 1.29 is 0 Å². The lowest BCUT2D eigenvalue weighted by atomic mass is 9.79. The monoisotopic (exact) mass is 176 g/mol. The van der Waals surface area contributed by atoms with Crippen LogP contribution in [0.4, 0.5) is 0 Å². The lowest BCUT2D eigenvalue weighted by Crippen LogP contribution is -2.53. The first-order chi connectivity index (χ1) is 6.26. The molecule has 0 spiro atoms. The molecule has 1 aromatic heterocycles. The number of rotatable bonds is 2. The third-order valence-electron chi connectivity index (χ3n) is 2.61. The van der Waals surface area contributed by atoms with Gasteiger partial charge in [0.1, 0.15) is 0 Å². The minimum absolute atomic E-state index is 0.187. The molecule has 0 atom stereocenters. The third kappa shape index (κ3) is 1.31. The Hall–Kier alpha value is -1.34. The highest BCUT2D eigenvalue weighted by Gasteiger charge is 2.37. The highest BCUT2D eigenvalue weighted by atomic mass is 15.3. The Morgan fingerprint density at radius 1 is 1.77 bits per heavy atom. The van der Waals surface area contributed by atoms with Gasteiger partial charge in [-0.1, -0.05) is 0 Å². The first kappa shape index (κ1) is 8.27. The summed E-state index contributed by atoms with van der Waals surface area (Å²) in [4.78, 5) is 0. The molecule has 0 aliphatic carbocycles. The molecule has 0 bridgehead atoms. The Morgan fingerprint density at radius 3 is 2.92 bits per heavy atom. The maximum Gasteiger partial charge on any atom is 0.0876 e. The van der Waals surface area contributed by atoms with Gasteiger partial charge in [-0.2, -0.15) is 10.4 Å². The Labute approximate surface area is 77.2 Å². The summed E-state index contributed by atoms with van der Waals surface area (Å²) in [6, 6.07) is 4.35. The molecule has 0 aromatic carbocycles. The van der Waals surface area contributed by atoms with E-state index in [1.165, 1.54) is 0 Å². The number of nitrogens with zero attached hydrogens (tertiary/aromatic N) is 3. The molecule has 0 radical (unpaired) electrons. The van der Waals surface area contributed by atoms with Gasteiger partial charge in [0.05, 0.1) is 11.5 Å². The lowest BCUT2D eigenvalue weighted by molar-refractivity contribution is 0.243. The van der Waals surface area contributed by atoms with Crippen LogP contribution in [-0.4, -0.2) is 22.9 Å². The smallest absolute Gasteiger partial charge is 0.0876 e. The summed E-state index contributed by atoms with van der Waals surface area (Å²) in [5.74, 6) is 0. The van der Waals surface area contributed by atoms with Gasteiger partial charge >= 0.3 is 0 Å². The fourth-order valence-electron chi connectivity index (χ4n) is 1.59. The van der Waals surface area contributed by atoms with Crippen LogP contribution in [-0.2, 0) is 13.5 Å². The fourth-order valence-corrected chi connectivity index (χ4v) is 1.59. The molecule has 1 saturated heterocycles. The van der Waals surface area contributed by atoms with E-state index in [-0.39, 0.29) is 5.41 Å². The van der Waals surface area contributed by atoms with E-state index in [0.29, 0.717) is 0 Å². The molecule has 0 amide bonds. The SMILES string of the molecule is Cn1nccc1CC1(C#N)CNC1. The van der Waals surface area contributed by atoms with Crippen molar-refractivity contribution in [3.63, 3.8) is 0 Å². The summed E-state index contributed by atoms with van der Waals surface area (Å²) in [6.07, 6.45) is 2.57. The molecule has 0 unspecified atom stereocenters. The van der Waals surface area contributed by atoms with Gasteiger partial charge in [-0.3, -0.25) is 4.68 Å². The molecule has 1 aliphatic heterocycles. The van der Waals surface area contributed by atoms with Crippen LogP contribution in [0, 0.1) is 16.7 Å². The zero-order chi connectivity index (χ0) is 9.31. The van der Waals surface area contributed by atoms with Crippen molar-refractivity contribution >= 4 is 0 Å². The first-order valence-electron chi connectivity index (χ1n) is 4.35. The molecule has 1 fully saturated rings. The summed E-state index contributed by atoms with van der Waals surface area (Å²) in [5.41, 5.74) is 0.941. The van der Waals surface area contributed by atoms with Crippen LogP contribution in [0.2, 0.25) is 0 Å². The molecule has 1 aliphatic rings. The van der Waals surface area contributed by atoms with Gasteiger partial charge in [0.2, 0.25) is 0 Å². The molecule has 0 saturated carbocycles. The average molecular weight is 176 g/mol. The molecule has 68 valence electrons. The Kier molecular flexibility index (Phi) is 1.82. The topological polar surface area (TPSA) is 53.6 Å². The normalized spacial score (nSPS) is 19.1. The van der Waals surface area contributed by atoms with E-state index in [1.54, 1.807) is 6.20 Å². The molecule has 4 nitrogen and oxygen atoms in total. The van der Waals surface area contributed by atoms with Gasteiger partial charge in [-0.25, -0.2) is 0 Å². The van der Waals surface area contributed by atoms with E-state index in [9.17, 15) is 0 Å². The predicted molar refractivity (Wildman–Crippen MR) is 47.8 cm³/mol. The van der Waals surface area contributed by atoms with Gasteiger partial charge in [-0.15, -0.1) is 0 Å². The second-order valence-electron chi connectivity index (χ2n) is 3.62. The average Bonchev–Trinajstić information content (AvgIpc) is 2.44. The van der Waals surface area contributed by atoms with E-state index >= 15 is 0 Å².